The lowest BCUT2D eigenvalue weighted by molar-refractivity contribution is 0.0981. The van der Waals surface area contributed by atoms with E-state index in [1.165, 1.54) is 28.4 Å². The van der Waals surface area contributed by atoms with Crippen molar-refractivity contribution in [1.29, 1.82) is 0 Å². The highest BCUT2D eigenvalue weighted by Crippen LogP contribution is 2.33. The Morgan fingerprint density at radius 3 is 2.58 bits per heavy atom. The molecule has 7 nitrogen and oxygen atoms in total. The van der Waals surface area contributed by atoms with E-state index in [9.17, 15) is 13.2 Å². The Labute approximate surface area is 183 Å². The van der Waals surface area contributed by atoms with Gasteiger partial charge in [0.2, 0.25) is 0 Å². The van der Waals surface area contributed by atoms with Crippen molar-refractivity contribution in [1.82, 2.24) is 9.97 Å². The second kappa shape index (κ2) is 8.44. The summed E-state index contributed by atoms with van der Waals surface area (Å²) < 4.78 is 30.7. The van der Waals surface area contributed by atoms with Crippen molar-refractivity contribution in [3.8, 4) is 5.75 Å². The average molecular weight is 454 g/mol. The molecule has 2 aromatic heterocycles. The molecule has 0 saturated carbocycles. The summed E-state index contributed by atoms with van der Waals surface area (Å²) >= 11 is 1.34. The zero-order chi connectivity index (χ0) is 22.0. The number of hydrogen-bond donors (Lipinski definition) is 0. The molecule has 2 heterocycles. The second-order valence-electron chi connectivity index (χ2n) is 6.81. The van der Waals surface area contributed by atoms with Crippen LogP contribution in [0.1, 0.15) is 16.1 Å². The van der Waals surface area contributed by atoms with Gasteiger partial charge in [0.15, 0.2) is 15.0 Å². The Bertz CT molecular complexity index is 1350. The molecule has 1 amide bonds. The minimum Gasteiger partial charge on any atom is -0.497 e. The van der Waals surface area contributed by atoms with Crippen LogP contribution >= 0.6 is 11.3 Å². The van der Waals surface area contributed by atoms with Crippen molar-refractivity contribution in [3.63, 3.8) is 0 Å². The van der Waals surface area contributed by atoms with Gasteiger partial charge in [-0.25, -0.2) is 13.4 Å². The SMILES string of the molecule is COc1ccc2sc(N(Cc3ccccn3)C(=O)c3ccccc3S(C)(=O)=O)nc2c1. The summed E-state index contributed by atoms with van der Waals surface area (Å²) in [4.78, 5) is 24.0. The van der Waals surface area contributed by atoms with E-state index in [4.69, 9.17) is 4.74 Å². The number of rotatable bonds is 6. The summed E-state index contributed by atoms with van der Waals surface area (Å²) in [6.45, 7) is 0.148. The van der Waals surface area contributed by atoms with Gasteiger partial charge in [0.05, 0.1) is 40.0 Å². The minimum absolute atomic E-state index is 0.0196. The number of carbonyl (C=O) groups excluding carboxylic acids is 1. The fraction of sp³-hybridized carbons (Fsp3) is 0.136. The number of methoxy groups -OCH3 is 1. The van der Waals surface area contributed by atoms with E-state index in [-0.39, 0.29) is 17.0 Å². The van der Waals surface area contributed by atoms with Crippen molar-refractivity contribution in [2.45, 2.75) is 11.4 Å². The highest BCUT2D eigenvalue weighted by molar-refractivity contribution is 7.90. The van der Waals surface area contributed by atoms with Gasteiger partial charge in [-0.3, -0.25) is 14.7 Å². The molecule has 0 saturated heterocycles. The Kier molecular flexibility index (Phi) is 5.71. The largest absolute Gasteiger partial charge is 0.497 e. The normalized spacial score (nSPS) is 11.4. The van der Waals surface area contributed by atoms with Crippen LogP contribution in [-0.2, 0) is 16.4 Å². The number of amides is 1. The Hall–Kier alpha value is -3.30. The van der Waals surface area contributed by atoms with Crippen molar-refractivity contribution in [2.75, 3.05) is 18.3 Å². The van der Waals surface area contributed by atoms with Gasteiger partial charge in [0, 0.05) is 18.5 Å². The van der Waals surface area contributed by atoms with E-state index < -0.39 is 15.7 Å². The van der Waals surface area contributed by atoms with Crippen molar-refractivity contribution < 1.29 is 17.9 Å². The molecular formula is C22H19N3O4S2. The molecule has 0 N–H and O–H groups in total. The minimum atomic E-state index is -3.60. The molecule has 0 fully saturated rings. The lowest BCUT2D eigenvalue weighted by Crippen LogP contribution is -2.31. The van der Waals surface area contributed by atoms with Crippen LogP contribution in [0.5, 0.6) is 5.75 Å². The molecular weight excluding hydrogens is 434 g/mol. The fourth-order valence-electron chi connectivity index (χ4n) is 3.13. The van der Waals surface area contributed by atoms with E-state index in [1.807, 2.05) is 18.2 Å². The van der Waals surface area contributed by atoms with Crippen LogP contribution in [0.4, 0.5) is 5.13 Å². The number of anilines is 1. The molecule has 158 valence electrons. The zero-order valence-corrected chi connectivity index (χ0v) is 18.5. The van der Waals surface area contributed by atoms with Gasteiger partial charge in [-0.1, -0.05) is 29.5 Å². The molecule has 0 bridgehead atoms. The van der Waals surface area contributed by atoms with Crippen molar-refractivity contribution in [3.05, 3.63) is 78.1 Å². The number of fused-ring (bicyclic) bond motifs is 1. The monoisotopic (exact) mass is 453 g/mol. The number of hydrogen-bond acceptors (Lipinski definition) is 7. The van der Waals surface area contributed by atoms with Gasteiger partial charge in [-0.15, -0.1) is 0 Å². The predicted octanol–water partition coefficient (Wildman–Crippen LogP) is 3.95. The topological polar surface area (TPSA) is 89.5 Å². The molecule has 31 heavy (non-hydrogen) atoms. The maximum absolute atomic E-state index is 13.6. The van der Waals surface area contributed by atoms with Gasteiger partial charge in [0.25, 0.3) is 5.91 Å². The Balaban J connectivity index is 1.83. The number of carbonyl (C=O) groups is 1. The molecule has 0 spiro atoms. The summed E-state index contributed by atoms with van der Waals surface area (Å²) in [5.74, 6) is 0.201. The number of ether oxygens (including phenoxy) is 1. The van der Waals surface area contributed by atoms with E-state index in [1.54, 1.807) is 43.6 Å². The molecule has 0 aliphatic rings. The first-order valence-electron chi connectivity index (χ1n) is 9.32. The summed E-state index contributed by atoms with van der Waals surface area (Å²) in [5, 5.41) is 0.446. The first-order chi connectivity index (χ1) is 14.9. The molecule has 9 heteroatoms. The van der Waals surface area contributed by atoms with Gasteiger partial charge in [-0.2, -0.15) is 0 Å². The summed E-state index contributed by atoms with van der Waals surface area (Å²) in [6, 6.07) is 17.1. The van der Waals surface area contributed by atoms with Gasteiger partial charge < -0.3 is 4.74 Å². The maximum Gasteiger partial charge on any atom is 0.261 e. The third kappa shape index (κ3) is 4.42. The molecule has 0 aliphatic carbocycles. The van der Waals surface area contributed by atoms with Crippen LogP contribution in [0.2, 0.25) is 0 Å². The van der Waals surface area contributed by atoms with Crippen molar-refractivity contribution >= 4 is 42.4 Å². The lowest BCUT2D eigenvalue weighted by Gasteiger charge is -2.20. The third-order valence-corrected chi connectivity index (χ3v) is 6.84. The number of aromatic nitrogens is 2. The molecule has 0 radical (unpaired) electrons. The number of sulfone groups is 1. The number of thiazole rings is 1. The van der Waals surface area contributed by atoms with Crippen LogP contribution in [0.15, 0.2) is 71.8 Å². The number of nitrogens with zero attached hydrogens (tertiary/aromatic N) is 3. The van der Waals surface area contributed by atoms with Crippen LogP contribution < -0.4 is 9.64 Å². The zero-order valence-electron chi connectivity index (χ0n) is 16.8. The fourth-order valence-corrected chi connectivity index (χ4v) is 4.95. The average Bonchev–Trinajstić information content (AvgIpc) is 3.20. The van der Waals surface area contributed by atoms with Gasteiger partial charge in [-0.05, 0) is 36.4 Å². The van der Waals surface area contributed by atoms with E-state index in [0.717, 1.165) is 11.0 Å². The summed E-state index contributed by atoms with van der Waals surface area (Å²) in [6.07, 6.45) is 2.73. The number of benzene rings is 2. The van der Waals surface area contributed by atoms with Crippen molar-refractivity contribution in [2.24, 2.45) is 0 Å². The van der Waals surface area contributed by atoms with E-state index in [2.05, 4.69) is 9.97 Å². The second-order valence-corrected chi connectivity index (χ2v) is 9.80. The van der Waals surface area contributed by atoms with Gasteiger partial charge in [0.1, 0.15) is 5.75 Å². The Morgan fingerprint density at radius 2 is 1.87 bits per heavy atom. The van der Waals surface area contributed by atoms with Crippen LogP contribution in [0, 0.1) is 0 Å². The standard InChI is InChI=1S/C22H19N3O4S2/c1-29-16-10-11-19-18(13-16)24-22(30-19)25(14-15-7-5-6-12-23-15)21(26)17-8-3-4-9-20(17)31(2,27)28/h3-13H,14H2,1-2H3. The van der Waals surface area contributed by atoms with E-state index in [0.29, 0.717) is 22.1 Å². The predicted molar refractivity (Wildman–Crippen MR) is 120 cm³/mol. The first kappa shape index (κ1) is 21.0. The van der Waals surface area contributed by atoms with Crippen LogP contribution in [0.25, 0.3) is 10.2 Å². The smallest absolute Gasteiger partial charge is 0.261 e. The van der Waals surface area contributed by atoms with Crippen LogP contribution in [-0.4, -0.2) is 37.7 Å². The third-order valence-electron chi connectivity index (χ3n) is 4.62. The van der Waals surface area contributed by atoms with E-state index >= 15 is 0 Å². The first-order valence-corrected chi connectivity index (χ1v) is 12.0. The molecule has 0 unspecified atom stereocenters. The quantitative estimate of drug-likeness (QED) is 0.439. The molecule has 0 aliphatic heterocycles. The maximum atomic E-state index is 13.6. The van der Waals surface area contributed by atoms with Crippen LogP contribution in [0.3, 0.4) is 0 Å². The number of pyridine rings is 1. The molecule has 0 atom stereocenters. The molecule has 4 rings (SSSR count). The highest BCUT2D eigenvalue weighted by atomic mass is 32.2. The molecule has 4 aromatic rings. The highest BCUT2D eigenvalue weighted by Gasteiger charge is 2.26. The lowest BCUT2D eigenvalue weighted by atomic mass is 10.2. The Morgan fingerprint density at radius 1 is 1.10 bits per heavy atom. The summed E-state index contributed by atoms with van der Waals surface area (Å²) in [7, 11) is -2.02. The van der Waals surface area contributed by atoms with Gasteiger partial charge >= 0.3 is 0 Å². The molecule has 2 aromatic carbocycles. The summed E-state index contributed by atoms with van der Waals surface area (Å²) in [5.41, 5.74) is 1.44.